The van der Waals surface area contributed by atoms with Gasteiger partial charge in [-0.3, -0.25) is 19.3 Å². The maximum Gasteiger partial charge on any atom is 0.282 e. The number of sulfonamides is 1. The predicted molar refractivity (Wildman–Crippen MR) is 141 cm³/mol. The summed E-state index contributed by atoms with van der Waals surface area (Å²) in [4.78, 5) is 33.9. The number of para-hydroxylation sites is 2. The topological polar surface area (TPSA) is 146 Å². The number of carbonyl (C=O) groups is 2. The van der Waals surface area contributed by atoms with Crippen molar-refractivity contribution in [2.24, 2.45) is 15.3 Å². The van der Waals surface area contributed by atoms with Gasteiger partial charge in [-0.1, -0.05) is 23.7 Å². The molecule has 1 aliphatic heterocycles. The molecule has 0 radical (unpaired) electrons. The van der Waals surface area contributed by atoms with E-state index in [0.29, 0.717) is 27.5 Å². The van der Waals surface area contributed by atoms with Crippen molar-refractivity contribution < 1.29 is 18.0 Å². The first kappa shape index (κ1) is 25.1. The maximum atomic E-state index is 12.8. The van der Waals surface area contributed by atoms with Crippen LogP contribution in [-0.4, -0.2) is 47.0 Å². The number of azo groups is 1. The van der Waals surface area contributed by atoms with Crippen LogP contribution in [-0.2, 0) is 14.8 Å². The van der Waals surface area contributed by atoms with Crippen molar-refractivity contribution in [2.45, 2.75) is 17.9 Å². The van der Waals surface area contributed by atoms with E-state index in [1.54, 1.807) is 25.1 Å². The smallest absolute Gasteiger partial charge is 0.269 e. The largest absolute Gasteiger partial charge is 0.282 e. The molecule has 0 saturated heterocycles. The monoisotopic (exact) mass is 547 g/mol. The van der Waals surface area contributed by atoms with E-state index in [4.69, 9.17) is 11.6 Å². The molecule has 4 aromatic rings. The van der Waals surface area contributed by atoms with Crippen molar-refractivity contribution in [3.8, 4) is 0 Å². The standard InChI is InChI=1S/C25H18ClN7O4S/c1-15-23(25(35)33(31-15)24(34)16-6-8-17(26)9-7-16)30-29-18-10-12-19(13-11-18)38(36,37)32-22-14-27-20-4-2-3-5-21(20)28-22/h2-14,23H,1H3,(H,28,32)/b30-29+. The Hall–Kier alpha value is -4.55. The highest BCUT2D eigenvalue weighted by Gasteiger charge is 2.38. The minimum absolute atomic E-state index is 0.0270. The Morgan fingerprint density at radius 3 is 2.39 bits per heavy atom. The Morgan fingerprint density at radius 2 is 1.68 bits per heavy atom. The summed E-state index contributed by atoms with van der Waals surface area (Å²) < 4.78 is 28.0. The normalized spacial score (nSPS) is 15.7. The molecule has 1 N–H and O–H groups in total. The Bertz CT molecular complexity index is 1720. The van der Waals surface area contributed by atoms with Gasteiger partial charge < -0.3 is 0 Å². The van der Waals surface area contributed by atoms with Crippen LogP contribution < -0.4 is 4.72 Å². The number of hydrogen-bond acceptors (Lipinski definition) is 9. The van der Waals surface area contributed by atoms with E-state index in [0.717, 1.165) is 5.01 Å². The third-order valence-corrected chi connectivity index (χ3v) is 7.13. The summed E-state index contributed by atoms with van der Waals surface area (Å²) in [7, 11) is -3.94. The van der Waals surface area contributed by atoms with Crippen molar-refractivity contribution in [3.05, 3.63) is 89.6 Å². The van der Waals surface area contributed by atoms with E-state index < -0.39 is 27.9 Å². The molecule has 38 heavy (non-hydrogen) atoms. The molecule has 1 atom stereocenters. The van der Waals surface area contributed by atoms with Gasteiger partial charge in [0.25, 0.3) is 21.8 Å². The van der Waals surface area contributed by atoms with Crippen LogP contribution in [0.5, 0.6) is 0 Å². The van der Waals surface area contributed by atoms with Gasteiger partial charge in [-0.05, 0) is 67.6 Å². The molecule has 1 aliphatic rings. The fourth-order valence-corrected chi connectivity index (χ4v) is 4.68. The highest BCUT2D eigenvalue weighted by atomic mass is 35.5. The number of anilines is 1. The van der Waals surface area contributed by atoms with Gasteiger partial charge in [-0.15, -0.1) is 0 Å². The van der Waals surface area contributed by atoms with E-state index in [-0.39, 0.29) is 16.3 Å². The molecule has 1 aromatic heterocycles. The molecule has 0 saturated carbocycles. The lowest BCUT2D eigenvalue weighted by atomic mass is 10.2. The van der Waals surface area contributed by atoms with Gasteiger partial charge in [-0.25, -0.2) is 13.4 Å². The summed E-state index contributed by atoms with van der Waals surface area (Å²) in [6, 6.07) is 17.7. The SMILES string of the molecule is CC1=NN(C(=O)c2ccc(Cl)cc2)C(=O)C1/N=N/c1ccc(S(=O)(=O)Nc2cnc3ccccc3n2)cc1. The van der Waals surface area contributed by atoms with Crippen molar-refractivity contribution >= 4 is 61.7 Å². The van der Waals surface area contributed by atoms with E-state index in [2.05, 4.69) is 30.0 Å². The summed E-state index contributed by atoms with van der Waals surface area (Å²) in [6.07, 6.45) is 1.34. The van der Waals surface area contributed by atoms with Crippen LogP contribution in [0.4, 0.5) is 11.5 Å². The average molecular weight is 548 g/mol. The highest BCUT2D eigenvalue weighted by molar-refractivity contribution is 7.92. The van der Waals surface area contributed by atoms with E-state index in [1.807, 2.05) is 6.07 Å². The van der Waals surface area contributed by atoms with Crippen molar-refractivity contribution in [1.29, 1.82) is 0 Å². The Kier molecular flexibility index (Phi) is 6.66. The molecular weight excluding hydrogens is 530 g/mol. The second-order valence-corrected chi connectivity index (χ2v) is 10.3. The highest BCUT2D eigenvalue weighted by Crippen LogP contribution is 2.23. The second-order valence-electron chi connectivity index (χ2n) is 8.16. The number of halogens is 1. The summed E-state index contributed by atoms with van der Waals surface area (Å²) in [5.41, 5.74) is 2.04. The quantitative estimate of drug-likeness (QED) is 0.276. The van der Waals surface area contributed by atoms with Gasteiger partial charge in [0.2, 0.25) is 0 Å². The summed E-state index contributed by atoms with van der Waals surface area (Å²) in [5, 5.41) is 13.3. The molecule has 0 bridgehead atoms. The van der Waals surface area contributed by atoms with Crippen molar-refractivity contribution in [3.63, 3.8) is 0 Å². The average Bonchev–Trinajstić information content (AvgIpc) is 3.20. The van der Waals surface area contributed by atoms with Gasteiger partial charge >= 0.3 is 0 Å². The lowest BCUT2D eigenvalue weighted by molar-refractivity contribution is -0.127. The van der Waals surface area contributed by atoms with Crippen LogP contribution in [0, 0.1) is 0 Å². The number of rotatable bonds is 6. The first-order valence-corrected chi connectivity index (χ1v) is 13.0. The zero-order chi connectivity index (χ0) is 26.9. The number of imide groups is 1. The van der Waals surface area contributed by atoms with Crippen LogP contribution in [0.15, 0.2) is 99.2 Å². The maximum absolute atomic E-state index is 12.8. The number of hydrogen-bond donors (Lipinski definition) is 1. The molecule has 11 nitrogen and oxygen atoms in total. The second kappa shape index (κ2) is 10.1. The fourth-order valence-electron chi connectivity index (χ4n) is 3.57. The van der Waals surface area contributed by atoms with Gasteiger partial charge in [0.15, 0.2) is 11.9 Å². The number of carbonyl (C=O) groups excluding carboxylic acids is 2. The van der Waals surface area contributed by atoms with Gasteiger partial charge in [-0.2, -0.15) is 20.3 Å². The number of nitrogens with one attached hydrogen (secondary N) is 1. The van der Waals surface area contributed by atoms with Crippen molar-refractivity contribution in [1.82, 2.24) is 15.0 Å². The van der Waals surface area contributed by atoms with Crippen LogP contribution in [0.2, 0.25) is 5.02 Å². The molecule has 3 aromatic carbocycles. The first-order chi connectivity index (χ1) is 18.2. The molecule has 1 unspecified atom stereocenters. The van der Waals surface area contributed by atoms with Crippen LogP contribution in [0.3, 0.4) is 0 Å². The molecule has 0 fully saturated rings. The zero-order valence-electron chi connectivity index (χ0n) is 19.7. The number of aromatic nitrogens is 2. The lowest BCUT2D eigenvalue weighted by Crippen LogP contribution is -2.34. The van der Waals surface area contributed by atoms with E-state index >= 15 is 0 Å². The third-order valence-electron chi connectivity index (χ3n) is 5.50. The van der Waals surface area contributed by atoms with Crippen LogP contribution in [0.25, 0.3) is 11.0 Å². The van der Waals surface area contributed by atoms with E-state index in [9.17, 15) is 18.0 Å². The van der Waals surface area contributed by atoms with Crippen LogP contribution >= 0.6 is 11.6 Å². The summed E-state index contributed by atoms with van der Waals surface area (Å²) in [6.45, 7) is 1.56. The first-order valence-electron chi connectivity index (χ1n) is 11.2. The predicted octanol–water partition coefficient (Wildman–Crippen LogP) is 4.59. The van der Waals surface area contributed by atoms with Crippen LogP contribution in [0.1, 0.15) is 17.3 Å². The molecule has 0 aliphatic carbocycles. The zero-order valence-corrected chi connectivity index (χ0v) is 21.3. The minimum Gasteiger partial charge on any atom is -0.269 e. The number of benzene rings is 3. The molecule has 13 heteroatoms. The molecule has 0 spiro atoms. The fraction of sp³-hybridized carbons (Fsp3) is 0.0800. The molecule has 5 rings (SSSR count). The minimum atomic E-state index is -3.94. The van der Waals surface area contributed by atoms with Gasteiger partial charge in [0.05, 0.1) is 33.5 Å². The molecule has 2 heterocycles. The summed E-state index contributed by atoms with van der Waals surface area (Å²) in [5.74, 6) is -1.17. The number of amides is 2. The molecule has 190 valence electrons. The lowest BCUT2D eigenvalue weighted by Gasteiger charge is -2.10. The van der Waals surface area contributed by atoms with Gasteiger partial charge in [0.1, 0.15) is 0 Å². The van der Waals surface area contributed by atoms with Crippen molar-refractivity contribution in [2.75, 3.05) is 4.72 Å². The Labute approximate surface area is 221 Å². The third kappa shape index (κ3) is 5.12. The molecular formula is C25H18ClN7O4S. The molecule has 2 amide bonds. The number of nitrogens with zero attached hydrogens (tertiary/aromatic N) is 6. The Morgan fingerprint density at radius 1 is 1.00 bits per heavy atom. The number of fused-ring (bicyclic) bond motifs is 1. The van der Waals surface area contributed by atoms with Gasteiger partial charge in [0, 0.05) is 10.6 Å². The number of hydrazone groups is 1. The Balaban J connectivity index is 1.27. The van der Waals surface area contributed by atoms with E-state index in [1.165, 1.54) is 54.7 Å². The summed E-state index contributed by atoms with van der Waals surface area (Å²) >= 11 is 5.85.